The van der Waals surface area contributed by atoms with Crippen LogP contribution in [-0.2, 0) is 24.4 Å². The summed E-state index contributed by atoms with van der Waals surface area (Å²) in [6.07, 6.45) is 1.27. The van der Waals surface area contributed by atoms with Crippen LogP contribution < -0.4 is 0 Å². The van der Waals surface area contributed by atoms with Gasteiger partial charge < -0.3 is 19.3 Å². The standard InChI is InChI=1S/C13H23NO6S3/c1-10(9-21-7-5-20-6-8-22-23(18)19)12(15)14-4-2-3-11(14)13(16)17/h10-11H,2-9H2,1H3,(H,16,17)(H,18,19)/p-1/t10-,11+/m1/s1. The van der Waals surface area contributed by atoms with E-state index in [1.807, 2.05) is 6.92 Å². The zero-order chi connectivity index (χ0) is 17.2. The number of amides is 1. The van der Waals surface area contributed by atoms with E-state index in [9.17, 15) is 18.4 Å². The molecule has 1 saturated heterocycles. The number of carbonyl (C=O) groups is 2. The molecule has 0 spiro atoms. The fraction of sp³-hybridized carbons (Fsp3) is 0.846. The fourth-order valence-corrected chi connectivity index (χ4v) is 4.12. The maximum Gasteiger partial charge on any atom is 0.326 e. The molecule has 3 atom stereocenters. The second kappa shape index (κ2) is 11.3. The third kappa shape index (κ3) is 7.88. The largest absolute Gasteiger partial charge is 0.764 e. The van der Waals surface area contributed by atoms with Gasteiger partial charge in [-0.25, -0.2) is 4.79 Å². The van der Waals surface area contributed by atoms with Gasteiger partial charge in [0.2, 0.25) is 5.91 Å². The number of likely N-dealkylation sites (tertiary alicyclic amines) is 1. The molecule has 1 unspecified atom stereocenters. The topological polar surface area (TPSA) is 107 Å². The first-order valence-corrected chi connectivity index (χ1v) is 11.1. The van der Waals surface area contributed by atoms with Crippen LogP contribution in [0, 0.1) is 5.92 Å². The Labute approximate surface area is 146 Å². The van der Waals surface area contributed by atoms with E-state index in [0.717, 1.165) is 17.2 Å². The summed E-state index contributed by atoms with van der Waals surface area (Å²) in [6, 6.07) is -0.678. The van der Waals surface area contributed by atoms with Gasteiger partial charge in [0.25, 0.3) is 0 Å². The molecular formula is C13H22NO6S3-. The number of hydrogen-bond acceptors (Lipinski definition) is 7. The van der Waals surface area contributed by atoms with Crippen molar-refractivity contribution in [3.05, 3.63) is 0 Å². The van der Waals surface area contributed by atoms with Gasteiger partial charge in [-0.1, -0.05) is 17.7 Å². The van der Waals surface area contributed by atoms with E-state index >= 15 is 0 Å². The molecule has 0 aromatic carbocycles. The molecule has 10 heteroatoms. The summed E-state index contributed by atoms with van der Waals surface area (Å²) < 4.78 is 25.8. The number of ether oxygens (including phenoxy) is 1. The molecule has 1 heterocycles. The maximum atomic E-state index is 12.3. The average Bonchev–Trinajstić information content (AvgIpc) is 2.98. The zero-order valence-corrected chi connectivity index (χ0v) is 15.4. The second-order valence-corrected chi connectivity index (χ2v) is 8.87. The molecule has 0 bridgehead atoms. The molecule has 1 amide bonds. The summed E-state index contributed by atoms with van der Waals surface area (Å²) in [5.41, 5.74) is 0. The van der Waals surface area contributed by atoms with Crippen molar-refractivity contribution in [2.75, 3.05) is 37.0 Å². The SMILES string of the molecule is C[C@H](CSCCOCCSS(=O)[O-])C(=O)N1CCC[C@H]1C(=O)O. The van der Waals surface area contributed by atoms with Gasteiger partial charge in [-0.3, -0.25) is 9.00 Å². The van der Waals surface area contributed by atoms with Crippen LogP contribution in [0.3, 0.4) is 0 Å². The number of hydrogen-bond donors (Lipinski definition) is 1. The third-order valence-corrected chi connectivity index (χ3v) is 6.18. The molecule has 134 valence electrons. The van der Waals surface area contributed by atoms with Gasteiger partial charge in [0.05, 0.1) is 13.2 Å². The number of carboxylic acids is 1. The first-order chi connectivity index (χ1) is 10.9. The molecule has 1 aliphatic heterocycles. The van der Waals surface area contributed by atoms with Crippen molar-refractivity contribution in [3.63, 3.8) is 0 Å². The summed E-state index contributed by atoms with van der Waals surface area (Å²) in [7, 11) is -1.29. The van der Waals surface area contributed by atoms with Crippen LogP contribution in [0.2, 0.25) is 0 Å². The molecule has 7 nitrogen and oxygen atoms in total. The zero-order valence-electron chi connectivity index (χ0n) is 13.0. The van der Waals surface area contributed by atoms with Gasteiger partial charge >= 0.3 is 5.97 Å². The Hall–Kier alpha value is -0.290. The van der Waals surface area contributed by atoms with Crippen LogP contribution in [0.5, 0.6) is 0 Å². The Morgan fingerprint density at radius 2 is 2.13 bits per heavy atom. The normalized spacial score (nSPS) is 20.4. The molecule has 0 saturated carbocycles. The van der Waals surface area contributed by atoms with Crippen molar-refractivity contribution < 1.29 is 28.2 Å². The molecule has 0 radical (unpaired) electrons. The van der Waals surface area contributed by atoms with Gasteiger partial charge in [0.1, 0.15) is 6.04 Å². The average molecular weight is 385 g/mol. The number of aliphatic carboxylic acids is 1. The fourth-order valence-electron chi connectivity index (χ4n) is 2.28. The van der Waals surface area contributed by atoms with Gasteiger partial charge in [0.15, 0.2) is 0 Å². The highest BCUT2D eigenvalue weighted by Gasteiger charge is 2.35. The first-order valence-electron chi connectivity index (χ1n) is 7.34. The van der Waals surface area contributed by atoms with Crippen LogP contribution in [0.1, 0.15) is 19.8 Å². The molecule has 1 rings (SSSR count). The number of nitrogens with zero attached hydrogens (tertiary/aromatic N) is 1. The summed E-state index contributed by atoms with van der Waals surface area (Å²) in [6.45, 7) is 3.21. The minimum Gasteiger partial charge on any atom is -0.764 e. The summed E-state index contributed by atoms with van der Waals surface area (Å²) >= 11 is 1.57. The quantitative estimate of drug-likeness (QED) is 0.319. The lowest BCUT2D eigenvalue weighted by Gasteiger charge is -2.24. The number of thioether (sulfide) groups is 1. The van der Waals surface area contributed by atoms with Gasteiger partial charge in [0, 0.05) is 39.8 Å². The van der Waals surface area contributed by atoms with Crippen molar-refractivity contribution >= 4 is 44.5 Å². The third-order valence-electron chi connectivity index (χ3n) is 3.39. The summed E-state index contributed by atoms with van der Waals surface area (Å²) in [5, 5.41) is 9.11. The minimum absolute atomic E-state index is 0.0994. The van der Waals surface area contributed by atoms with Crippen LogP contribution in [0.4, 0.5) is 0 Å². The van der Waals surface area contributed by atoms with Gasteiger partial charge in [-0.2, -0.15) is 11.8 Å². The van der Waals surface area contributed by atoms with E-state index in [2.05, 4.69) is 0 Å². The Bertz CT molecular complexity index is 423. The Morgan fingerprint density at radius 1 is 1.43 bits per heavy atom. The van der Waals surface area contributed by atoms with Crippen molar-refractivity contribution in [3.8, 4) is 0 Å². The predicted octanol–water partition coefficient (Wildman–Crippen LogP) is 0.975. The highest BCUT2D eigenvalue weighted by Crippen LogP contribution is 2.21. The lowest BCUT2D eigenvalue weighted by atomic mass is 10.1. The lowest BCUT2D eigenvalue weighted by Crippen LogP contribution is -2.43. The number of carbonyl (C=O) groups excluding carboxylic acids is 1. The molecular weight excluding hydrogens is 362 g/mol. The van der Waals surface area contributed by atoms with E-state index < -0.39 is 22.1 Å². The van der Waals surface area contributed by atoms with Crippen molar-refractivity contribution in [2.24, 2.45) is 5.92 Å². The van der Waals surface area contributed by atoms with Crippen LogP contribution in [-0.4, -0.2) is 73.7 Å². The highest BCUT2D eigenvalue weighted by molar-refractivity contribution is 8.67. The summed E-state index contributed by atoms with van der Waals surface area (Å²) in [4.78, 5) is 24.9. The van der Waals surface area contributed by atoms with E-state index in [-0.39, 0.29) is 11.8 Å². The van der Waals surface area contributed by atoms with E-state index in [0.29, 0.717) is 43.4 Å². The lowest BCUT2D eigenvalue weighted by molar-refractivity contribution is -0.149. The number of rotatable bonds is 11. The van der Waals surface area contributed by atoms with E-state index in [1.54, 1.807) is 11.8 Å². The number of carboxylic acid groups (broad SMARTS) is 1. The summed E-state index contributed by atoms with van der Waals surface area (Å²) in [5.74, 6) is 0.480. The van der Waals surface area contributed by atoms with Crippen molar-refractivity contribution in [1.29, 1.82) is 0 Å². The van der Waals surface area contributed by atoms with Crippen molar-refractivity contribution in [2.45, 2.75) is 25.8 Å². The highest BCUT2D eigenvalue weighted by atomic mass is 33.1. The minimum atomic E-state index is -2.10. The molecule has 0 aliphatic carbocycles. The molecule has 0 aromatic heterocycles. The van der Waals surface area contributed by atoms with E-state index in [1.165, 1.54) is 4.90 Å². The molecule has 1 N–H and O–H groups in total. The molecule has 0 aromatic rings. The van der Waals surface area contributed by atoms with Crippen LogP contribution >= 0.6 is 22.6 Å². The van der Waals surface area contributed by atoms with Gasteiger partial charge in [-0.05, 0) is 12.8 Å². The molecule has 23 heavy (non-hydrogen) atoms. The Morgan fingerprint density at radius 3 is 2.78 bits per heavy atom. The smallest absolute Gasteiger partial charge is 0.326 e. The second-order valence-electron chi connectivity index (χ2n) is 5.14. The maximum absolute atomic E-state index is 12.3. The predicted molar refractivity (Wildman–Crippen MR) is 91.1 cm³/mol. The van der Waals surface area contributed by atoms with Crippen LogP contribution in [0.25, 0.3) is 0 Å². The Balaban J connectivity index is 2.14. The van der Waals surface area contributed by atoms with Crippen LogP contribution in [0.15, 0.2) is 0 Å². The van der Waals surface area contributed by atoms with E-state index in [4.69, 9.17) is 9.84 Å². The van der Waals surface area contributed by atoms with Gasteiger partial charge in [-0.15, -0.1) is 0 Å². The molecule has 1 fully saturated rings. The monoisotopic (exact) mass is 384 g/mol. The van der Waals surface area contributed by atoms with Crippen molar-refractivity contribution in [1.82, 2.24) is 4.90 Å². The first kappa shape index (κ1) is 20.8. The molecule has 1 aliphatic rings. The Kier molecular flexibility index (Phi) is 10.2.